The monoisotopic (exact) mass is 365 g/mol. The average Bonchev–Trinajstić information content (AvgIpc) is 2.69. The normalized spacial score (nSPS) is 10.5. The highest BCUT2D eigenvalue weighted by atomic mass is 79.9. The van der Waals surface area contributed by atoms with E-state index in [4.69, 9.17) is 5.73 Å². The van der Waals surface area contributed by atoms with Crippen LogP contribution in [0.2, 0.25) is 0 Å². The van der Waals surface area contributed by atoms with Crippen molar-refractivity contribution in [1.82, 2.24) is 9.88 Å². The summed E-state index contributed by atoms with van der Waals surface area (Å²) >= 11 is 4.62. The number of anilines is 1. The summed E-state index contributed by atoms with van der Waals surface area (Å²) in [4.78, 5) is 7.20. The summed E-state index contributed by atoms with van der Waals surface area (Å²) in [6.07, 6.45) is 1.78. The zero-order valence-electron chi connectivity index (χ0n) is 10.3. The molecule has 0 spiro atoms. The summed E-state index contributed by atoms with van der Waals surface area (Å²) in [5.74, 6) is -0.233. The number of hydrogen-bond acceptors (Lipinski definition) is 4. The Morgan fingerprint density at radius 1 is 1.42 bits per heavy atom. The minimum atomic E-state index is -0.233. The van der Waals surface area contributed by atoms with Gasteiger partial charge in [-0.15, -0.1) is 23.7 Å². The van der Waals surface area contributed by atoms with E-state index in [2.05, 4.69) is 25.8 Å². The molecule has 0 saturated heterocycles. The van der Waals surface area contributed by atoms with E-state index in [1.165, 1.54) is 11.3 Å². The summed E-state index contributed by atoms with van der Waals surface area (Å²) in [6.45, 7) is 1.44. The van der Waals surface area contributed by atoms with Crippen LogP contribution in [0.15, 0.2) is 28.9 Å². The molecule has 3 nitrogen and oxygen atoms in total. The first-order valence-corrected chi connectivity index (χ1v) is 6.98. The average molecular weight is 367 g/mol. The second-order valence-corrected chi connectivity index (χ2v) is 6.09. The van der Waals surface area contributed by atoms with E-state index in [9.17, 15) is 4.39 Å². The highest BCUT2D eigenvalue weighted by Gasteiger charge is 2.06. The SMILES string of the molecule is CN(Cc1ccc(Br)c(F)c1)Cc1cnc(N)s1.Cl. The summed E-state index contributed by atoms with van der Waals surface area (Å²) in [6, 6.07) is 5.18. The lowest BCUT2D eigenvalue weighted by molar-refractivity contribution is 0.321. The van der Waals surface area contributed by atoms with Crippen LogP contribution in [-0.2, 0) is 13.1 Å². The van der Waals surface area contributed by atoms with Crippen LogP contribution in [0.5, 0.6) is 0 Å². The van der Waals surface area contributed by atoms with E-state index >= 15 is 0 Å². The van der Waals surface area contributed by atoms with E-state index < -0.39 is 0 Å². The number of hydrogen-bond donors (Lipinski definition) is 1. The molecule has 0 fully saturated rings. The number of rotatable bonds is 4. The first-order chi connectivity index (χ1) is 8.54. The van der Waals surface area contributed by atoms with Crippen LogP contribution >= 0.6 is 39.7 Å². The van der Waals surface area contributed by atoms with Gasteiger partial charge in [0.1, 0.15) is 5.82 Å². The van der Waals surface area contributed by atoms with Gasteiger partial charge in [-0.05, 0) is 40.7 Å². The fourth-order valence-electron chi connectivity index (χ4n) is 1.67. The molecule has 1 aromatic carbocycles. The molecule has 1 heterocycles. The van der Waals surface area contributed by atoms with Gasteiger partial charge >= 0.3 is 0 Å². The van der Waals surface area contributed by atoms with Gasteiger partial charge in [0.2, 0.25) is 0 Å². The Morgan fingerprint density at radius 3 is 2.74 bits per heavy atom. The van der Waals surface area contributed by atoms with Crippen LogP contribution in [0.3, 0.4) is 0 Å². The van der Waals surface area contributed by atoms with Gasteiger partial charge in [0.15, 0.2) is 5.13 Å². The van der Waals surface area contributed by atoms with Gasteiger partial charge in [0.25, 0.3) is 0 Å². The van der Waals surface area contributed by atoms with Crippen LogP contribution in [0.25, 0.3) is 0 Å². The fourth-order valence-corrected chi connectivity index (χ4v) is 2.68. The van der Waals surface area contributed by atoms with Gasteiger partial charge in [-0.2, -0.15) is 0 Å². The largest absolute Gasteiger partial charge is 0.375 e. The Labute approximate surface area is 130 Å². The van der Waals surface area contributed by atoms with Crippen molar-refractivity contribution in [2.45, 2.75) is 13.1 Å². The van der Waals surface area contributed by atoms with Crippen LogP contribution in [0.4, 0.5) is 9.52 Å². The first-order valence-electron chi connectivity index (χ1n) is 5.37. The van der Waals surface area contributed by atoms with Gasteiger partial charge in [-0.25, -0.2) is 9.37 Å². The molecule has 19 heavy (non-hydrogen) atoms. The van der Waals surface area contributed by atoms with Gasteiger partial charge < -0.3 is 5.73 Å². The predicted octanol–water partition coefficient (Wildman–Crippen LogP) is 3.68. The minimum Gasteiger partial charge on any atom is -0.375 e. The number of thiazole rings is 1. The molecule has 104 valence electrons. The van der Waals surface area contributed by atoms with E-state index in [1.54, 1.807) is 18.3 Å². The highest BCUT2D eigenvalue weighted by molar-refractivity contribution is 9.10. The van der Waals surface area contributed by atoms with Crippen molar-refractivity contribution in [3.63, 3.8) is 0 Å². The zero-order valence-corrected chi connectivity index (χ0v) is 13.5. The maximum absolute atomic E-state index is 13.4. The third-order valence-corrected chi connectivity index (χ3v) is 3.89. The molecule has 2 N–H and O–H groups in total. The first kappa shape index (κ1) is 16.4. The molecule has 0 saturated carbocycles. The van der Waals surface area contributed by atoms with Gasteiger partial charge in [-0.1, -0.05) is 6.07 Å². The summed E-state index contributed by atoms with van der Waals surface area (Å²) in [7, 11) is 1.98. The Balaban J connectivity index is 0.00000180. The summed E-state index contributed by atoms with van der Waals surface area (Å²) in [5.41, 5.74) is 6.52. The third-order valence-electron chi connectivity index (χ3n) is 2.43. The molecule has 0 aliphatic rings. The second kappa shape index (κ2) is 7.19. The molecule has 0 aliphatic heterocycles. The Bertz CT molecular complexity index is 550. The second-order valence-electron chi connectivity index (χ2n) is 4.09. The van der Waals surface area contributed by atoms with Crippen molar-refractivity contribution in [1.29, 1.82) is 0 Å². The number of benzene rings is 1. The third kappa shape index (κ3) is 4.72. The maximum atomic E-state index is 13.4. The number of nitrogens with two attached hydrogens (primary N) is 1. The zero-order chi connectivity index (χ0) is 13.1. The molecule has 0 unspecified atom stereocenters. The quantitative estimate of drug-likeness (QED) is 0.897. The van der Waals surface area contributed by atoms with Crippen molar-refractivity contribution >= 4 is 44.8 Å². The van der Waals surface area contributed by atoms with Crippen molar-refractivity contribution in [2.75, 3.05) is 12.8 Å². The van der Waals surface area contributed by atoms with Crippen LogP contribution in [0, 0.1) is 5.82 Å². The Kier molecular flexibility index (Phi) is 6.19. The predicted molar refractivity (Wildman–Crippen MR) is 83.0 cm³/mol. The van der Waals surface area contributed by atoms with E-state index in [1.807, 2.05) is 13.1 Å². The van der Waals surface area contributed by atoms with Crippen molar-refractivity contribution in [2.24, 2.45) is 0 Å². The van der Waals surface area contributed by atoms with Gasteiger partial charge in [-0.3, -0.25) is 4.90 Å². The number of nitrogen functional groups attached to an aromatic ring is 1. The lowest BCUT2D eigenvalue weighted by atomic mass is 10.2. The van der Waals surface area contributed by atoms with E-state index in [0.717, 1.165) is 17.0 Å². The van der Waals surface area contributed by atoms with Crippen molar-refractivity contribution in [3.05, 3.63) is 45.1 Å². The Hall–Kier alpha value is -0.690. The molecular formula is C12H14BrClFN3S. The number of nitrogens with zero attached hydrogens (tertiary/aromatic N) is 2. The molecule has 2 rings (SSSR count). The molecule has 0 bridgehead atoms. The number of aromatic nitrogens is 1. The highest BCUT2D eigenvalue weighted by Crippen LogP contribution is 2.19. The van der Waals surface area contributed by atoms with Gasteiger partial charge in [0.05, 0.1) is 4.47 Å². The van der Waals surface area contributed by atoms with Crippen LogP contribution < -0.4 is 5.73 Å². The molecule has 1 aromatic heterocycles. The summed E-state index contributed by atoms with van der Waals surface area (Å²) < 4.78 is 13.9. The van der Waals surface area contributed by atoms with Crippen LogP contribution in [-0.4, -0.2) is 16.9 Å². The summed E-state index contributed by atoms with van der Waals surface area (Å²) in [5, 5.41) is 0.577. The smallest absolute Gasteiger partial charge is 0.180 e. The van der Waals surface area contributed by atoms with Crippen LogP contribution in [0.1, 0.15) is 10.4 Å². The van der Waals surface area contributed by atoms with E-state index in [-0.39, 0.29) is 18.2 Å². The van der Waals surface area contributed by atoms with Crippen molar-refractivity contribution < 1.29 is 4.39 Å². The maximum Gasteiger partial charge on any atom is 0.180 e. The lowest BCUT2D eigenvalue weighted by Crippen LogP contribution is -2.16. The fraction of sp³-hybridized carbons (Fsp3) is 0.250. The lowest BCUT2D eigenvalue weighted by Gasteiger charge is -2.15. The standard InChI is InChI=1S/C12H13BrFN3S.ClH/c1-17(7-9-5-16-12(15)18-9)6-8-2-3-10(13)11(14)4-8;/h2-5H,6-7H2,1H3,(H2,15,16);1H. The van der Waals surface area contributed by atoms with E-state index in [0.29, 0.717) is 16.1 Å². The molecule has 0 aliphatic carbocycles. The molecule has 7 heteroatoms. The molecule has 0 atom stereocenters. The molecule has 0 radical (unpaired) electrons. The number of halogens is 3. The molecular weight excluding hydrogens is 353 g/mol. The molecule has 2 aromatic rings. The van der Waals surface area contributed by atoms with Gasteiger partial charge in [0, 0.05) is 24.2 Å². The molecule has 0 amide bonds. The Morgan fingerprint density at radius 2 is 2.16 bits per heavy atom. The topological polar surface area (TPSA) is 42.2 Å². The minimum absolute atomic E-state index is 0. The van der Waals surface area contributed by atoms with Crippen molar-refractivity contribution in [3.8, 4) is 0 Å².